The second-order valence-electron chi connectivity index (χ2n) is 19.8. The number of likely N-dealkylation sites (tertiary alicyclic amines) is 1. The van der Waals surface area contributed by atoms with E-state index in [1.165, 1.54) is 20.3 Å². The molecule has 0 unspecified atom stereocenters. The van der Waals surface area contributed by atoms with Crippen molar-refractivity contribution in [2.24, 2.45) is 39.6 Å². The van der Waals surface area contributed by atoms with Crippen LogP contribution in [0.25, 0.3) is 10.8 Å². The number of aliphatic hydroxyl groups excluding tert-OH is 2. The zero-order chi connectivity index (χ0) is 48.7. The molecular formula is C50H69N5O12. The number of anilines is 1. The molecule has 9 atom stereocenters. The monoisotopic (exact) mass is 931 g/mol. The number of aliphatic hydroxyl groups is 2. The molecule has 8 rings (SSSR count). The Morgan fingerprint density at radius 1 is 0.955 bits per heavy atom. The number of alkyl carbamates (subject to hydrolysis) is 1. The number of allylic oxidation sites excluding steroid dienone is 2. The number of aromatic hydroxyl groups is 2. The summed E-state index contributed by atoms with van der Waals surface area (Å²) in [6.45, 7) is 19.3. The van der Waals surface area contributed by atoms with Gasteiger partial charge in [0.15, 0.2) is 11.4 Å². The van der Waals surface area contributed by atoms with Crippen LogP contribution in [-0.2, 0) is 23.7 Å². The summed E-state index contributed by atoms with van der Waals surface area (Å²) in [6.07, 6.45) is 5.42. The van der Waals surface area contributed by atoms with Gasteiger partial charge in [0.25, 0.3) is 11.7 Å². The highest BCUT2D eigenvalue weighted by atomic mass is 16.7. The van der Waals surface area contributed by atoms with E-state index in [-0.39, 0.29) is 61.4 Å². The van der Waals surface area contributed by atoms with Gasteiger partial charge in [-0.25, -0.2) is 4.79 Å². The molecule has 6 aliphatic heterocycles. The van der Waals surface area contributed by atoms with E-state index in [2.05, 4.69) is 29.4 Å². The summed E-state index contributed by atoms with van der Waals surface area (Å²) in [6, 6.07) is -0.157. The quantitative estimate of drug-likeness (QED) is 0.215. The van der Waals surface area contributed by atoms with E-state index in [1.807, 2.05) is 0 Å². The molecule has 0 saturated carbocycles. The van der Waals surface area contributed by atoms with Crippen molar-refractivity contribution in [3.05, 3.63) is 58.0 Å². The lowest BCUT2D eigenvalue weighted by atomic mass is 9.78. The van der Waals surface area contributed by atoms with Crippen LogP contribution in [-0.4, -0.2) is 125 Å². The number of hydrogen-bond acceptors (Lipinski definition) is 15. The van der Waals surface area contributed by atoms with Crippen LogP contribution in [0.15, 0.2) is 46.1 Å². The first-order valence-electron chi connectivity index (χ1n) is 23.7. The third-order valence-corrected chi connectivity index (χ3v) is 14.4. The summed E-state index contributed by atoms with van der Waals surface area (Å²) in [5.41, 5.74) is -0.601. The van der Waals surface area contributed by atoms with Crippen molar-refractivity contribution in [1.29, 1.82) is 0 Å². The zero-order valence-corrected chi connectivity index (χ0v) is 40.4. The number of nitrogens with one attached hydrogen (secondary N) is 2. The third kappa shape index (κ3) is 9.80. The minimum Gasteiger partial charge on any atom is -0.507 e. The second kappa shape index (κ2) is 19.9. The maximum Gasteiger partial charge on any atom is 0.407 e. The zero-order valence-electron chi connectivity index (χ0n) is 40.4. The molecule has 2 fully saturated rings. The van der Waals surface area contributed by atoms with Crippen LogP contribution in [0, 0.1) is 36.5 Å². The molecule has 2 aromatic carbocycles. The summed E-state index contributed by atoms with van der Waals surface area (Å²) >= 11 is 0. The first-order valence-corrected chi connectivity index (χ1v) is 23.7. The highest BCUT2D eigenvalue weighted by molar-refractivity contribution is 6.19. The lowest BCUT2D eigenvalue weighted by Gasteiger charge is -2.38. The molecular weight excluding hydrogens is 863 g/mol. The number of benzene rings is 2. The number of phenols is 2. The van der Waals surface area contributed by atoms with E-state index in [0.717, 1.165) is 6.54 Å². The number of piperidine rings is 1. The number of ether oxygens (including phenoxy) is 5. The third-order valence-electron chi connectivity index (χ3n) is 14.4. The number of carbonyl (C=O) groups excluding carboxylic acids is 3. The lowest BCUT2D eigenvalue weighted by Crippen LogP contribution is -2.49. The fourth-order valence-corrected chi connectivity index (χ4v) is 10.2. The number of methoxy groups -OCH3 is 1. The minimum atomic E-state index is -1.98. The summed E-state index contributed by atoms with van der Waals surface area (Å²) in [4.78, 5) is 55.1. The first-order chi connectivity index (χ1) is 31.7. The van der Waals surface area contributed by atoms with E-state index in [4.69, 9.17) is 33.7 Å². The maximum absolute atomic E-state index is 14.9. The molecule has 0 aliphatic carbocycles. The number of ketones is 1. The normalized spacial score (nSPS) is 32.4. The van der Waals surface area contributed by atoms with Crippen molar-refractivity contribution in [2.75, 3.05) is 45.3 Å². The number of nitrogens with zero attached hydrogens (tertiary/aromatic N) is 3. The number of fused-ring (bicyclic) bond motifs is 13. The topological polar surface area (TPSA) is 230 Å². The molecule has 67 heavy (non-hydrogen) atoms. The molecule has 0 radical (unpaired) electrons. The Labute approximate surface area is 391 Å². The Balaban J connectivity index is 1.34. The van der Waals surface area contributed by atoms with E-state index in [0.29, 0.717) is 57.9 Å². The fraction of sp³-hybridized carbons (Fsp3) is 0.620. The average Bonchev–Trinajstić information content (AvgIpc) is 3.80. The van der Waals surface area contributed by atoms with Crippen molar-refractivity contribution in [3.63, 3.8) is 0 Å². The first kappa shape index (κ1) is 49.8. The smallest absolute Gasteiger partial charge is 0.407 e. The number of phenolic OH excluding ortho intramolecular Hbond substituents is 2. The van der Waals surface area contributed by atoms with Crippen molar-refractivity contribution in [1.82, 2.24) is 10.2 Å². The molecule has 6 aliphatic rings. The number of rotatable bonds is 5. The van der Waals surface area contributed by atoms with E-state index >= 15 is 0 Å². The van der Waals surface area contributed by atoms with Crippen LogP contribution in [0.5, 0.6) is 17.2 Å². The standard InChI is InChI=1S/C50H69N5O12/c1-25(2)24-55-19-17-50(18-20-55)53-37-34-35-42(58)31(8)45-36(34)46(60)49(9,67-45)65-23-16-33(63-10)28(5)44(66-48(62)51-32-14-21-64-22-15-32)30(7)41(57)29(6)40(56)26(3)12-11-13-27(4)47(61)52-39(43(35)59)38(37)54-50/h11-13,16,23,25-26,28-30,32-33,40-41,44,56-59H,14-15,17-22,24H2,1-10H3,(H,51,62)(H,52,61)/b12-11-,23-16-,27-13-/t26-,28+,29+,30+,33-,40-,41+,44+,49-/m0/s1. The second-order valence-corrected chi connectivity index (χ2v) is 19.8. The van der Waals surface area contributed by atoms with Gasteiger partial charge in [-0.05, 0) is 38.7 Å². The molecule has 5 bridgehead atoms. The number of hydrogen-bond donors (Lipinski definition) is 6. The predicted molar refractivity (Wildman–Crippen MR) is 249 cm³/mol. The molecule has 2 saturated heterocycles. The number of Topliss-reactive ketones (excluding diaryl/α,β-unsaturated/α-hetero) is 1. The summed E-state index contributed by atoms with van der Waals surface area (Å²) in [5, 5.41) is 53.7. The molecule has 6 heterocycles. The highest BCUT2D eigenvalue weighted by Gasteiger charge is 2.50. The summed E-state index contributed by atoms with van der Waals surface area (Å²) < 4.78 is 30.0. The number of carbonyl (C=O) groups is 3. The molecule has 2 aromatic rings. The Morgan fingerprint density at radius 2 is 1.63 bits per heavy atom. The molecule has 6 N–H and O–H groups in total. The van der Waals surface area contributed by atoms with Gasteiger partial charge in [-0.3, -0.25) is 19.6 Å². The molecule has 2 amide bonds. The van der Waals surface area contributed by atoms with Crippen LogP contribution in [0.3, 0.4) is 0 Å². The van der Waals surface area contributed by atoms with Gasteiger partial charge in [0.2, 0.25) is 0 Å². The van der Waals surface area contributed by atoms with Crippen molar-refractivity contribution in [3.8, 4) is 17.2 Å². The van der Waals surface area contributed by atoms with E-state index in [1.54, 1.807) is 65.8 Å². The Bertz CT molecular complexity index is 2460. The molecule has 17 heteroatoms. The Morgan fingerprint density at radius 3 is 2.28 bits per heavy atom. The minimum absolute atomic E-state index is 0.0310. The molecule has 0 aromatic heterocycles. The highest BCUT2D eigenvalue weighted by Crippen LogP contribution is 2.50. The lowest BCUT2D eigenvalue weighted by molar-refractivity contribution is -0.112. The molecule has 366 valence electrons. The SMILES string of the molecule is CO[C@H]1/C=C\O[C@@]2(C)Oc3c(C)c(O)c4c(O)c(c5c(c4c3C2=O)=NC2(CCN(CC(C)C)CC2)N=5)NC(=O)/C(C)=C\C=C/[C@H](C)[C@H](O)[C@@H](C)[C@@H](O)[C@@H](C)[C@H](OC(=O)NC2CCOCC2)[C@@H]1C. The van der Waals surface area contributed by atoms with Crippen molar-refractivity contribution in [2.45, 2.75) is 130 Å². The van der Waals surface area contributed by atoms with E-state index in [9.17, 15) is 34.8 Å². The Hall–Kier alpha value is -5.07. The van der Waals surface area contributed by atoms with Gasteiger partial charge in [-0.2, -0.15) is 0 Å². The van der Waals surface area contributed by atoms with Crippen LogP contribution < -0.4 is 26.1 Å². The number of amides is 2. The fourth-order valence-electron chi connectivity index (χ4n) is 10.2. The van der Waals surface area contributed by atoms with Gasteiger partial charge in [-0.1, -0.05) is 59.8 Å². The predicted octanol–water partition coefficient (Wildman–Crippen LogP) is 5.09. The average molecular weight is 932 g/mol. The van der Waals surface area contributed by atoms with Crippen LogP contribution in [0.2, 0.25) is 0 Å². The van der Waals surface area contributed by atoms with Crippen LogP contribution in [0.4, 0.5) is 10.5 Å². The summed E-state index contributed by atoms with van der Waals surface area (Å²) in [7, 11) is 1.48. The van der Waals surface area contributed by atoms with Gasteiger partial charge in [-0.15, -0.1) is 0 Å². The van der Waals surface area contributed by atoms with Gasteiger partial charge in [0.1, 0.15) is 28.6 Å². The van der Waals surface area contributed by atoms with Gasteiger partial charge in [0.05, 0.1) is 40.9 Å². The van der Waals surface area contributed by atoms with Gasteiger partial charge < -0.3 is 59.6 Å². The van der Waals surface area contributed by atoms with Gasteiger partial charge in [0, 0.05) is 106 Å². The molecule has 1 spiro atoms. The largest absolute Gasteiger partial charge is 0.507 e. The van der Waals surface area contributed by atoms with Gasteiger partial charge >= 0.3 is 11.9 Å². The van der Waals surface area contributed by atoms with Crippen LogP contribution in [0.1, 0.15) is 97.0 Å². The van der Waals surface area contributed by atoms with Crippen molar-refractivity contribution < 1.29 is 58.5 Å². The summed E-state index contributed by atoms with van der Waals surface area (Å²) in [5.74, 6) is -6.11. The van der Waals surface area contributed by atoms with Crippen molar-refractivity contribution >= 4 is 34.2 Å². The van der Waals surface area contributed by atoms with E-state index < -0.39 is 83.1 Å². The Kier molecular flexibility index (Phi) is 14.8. The maximum atomic E-state index is 14.9. The molecule has 17 nitrogen and oxygen atoms in total. The van der Waals surface area contributed by atoms with Crippen LogP contribution >= 0.6 is 0 Å².